The lowest BCUT2D eigenvalue weighted by Crippen LogP contribution is -2.19. The molecule has 5 heteroatoms. The fraction of sp³-hybridized carbons (Fsp3) is 0.250. The maximum absolute atomic E-state index is 11.0. The van der Waals surface area contributed by atoms with Crippen LogP contribution in [0.15, 0.2) is 42.5 Å². The molecule has 108 valence electrons. The van der Waals surface area contributed by atoms with Gasteiger partial charge in [-0.05, 0) is 24.1 Å². The Balaban J connectivity index is 1.92. The van der Waals surface area contributed by atoms with Gasteiger partial charge in [0.1, 0.15) is 0 Å². The van der Waals surface area contributed by atoms with Crippen LogP contribution in [-0.2, 0) is 5.75 Å². The zero-order chi connectivity index (χ0) is 14.8. The van der Waals surface area contributed by atoms with Crippen molar-refractivity contribution in [1.82, 2.24) is 0 Å². The van der Waals surface area contributed by atoms with Crippen molar-refractivity contribution in [2.24, 2.45) is 0 Å². The second kappa shape index (κ2) is 5.77. The second-order valence-electron chi connectivity index (χ2n) is 5.12. The Morgan fingerprint density at radius 2 is 2.05 bits per heavy atom. The summed E-state index contributed by atoms with van der Waals surface area (Å²) in [6.45, 7) is 1.79. The van der Waals surface area contributed by atoms with Gasteiger partial charge in [-0.2, -0.15) is 11.8 Å². The van der Waals surface area contributed by atoms with E-state index >= 15 is 0 Å². The first-order valence-electron chi connectivity index (χ1n) is 6.83. The van der Waals surface area contributed by atoms with Crippen molar-refractivity contribution in [3.8, 4) is 0 Å². The number of nitrogens with zero attached hydrogens (tertiary/aromatic N) is 1. The number of rotatable bonds is 3. The van der Waals surface area contributed by atoms with Crippen LogP contribution in [0.3, 0.4) is 0 Å². The molecule has 0 fully saturated rings. The Morgan fingerprint density at radius 3 is 2.86 bits per heavy atom. The van der Waals surface area contributed by atoms with Crippen LogP contribution in [-0.4, -0.2) is 10.7 Å². The zero-order valence-corrected chi connectivity index (χ0v) is 12.5. The number of thioether (sulfide) groups is 1. The average Bonchev–Trinajstić information content (AvgIpc) is 2.49. The van der Waals surface area contributed by atoms with Gasteiger partial charge in [-0.25, -0.2) is 0 Å². The zero-order valence-electron chi connectivity index (χ0n) is 11.7. The molecule has 0 saturated heterocycles. The van der Waals surface area contributed by atoms with Gasteiger partial charge in [0, 0.05) is 28.8 Å². The van der Waals surface area contributed by atoms with Gasteiger partial charge in [-0.3, -0.25) is 10.1 Å². The van der Waals surface area contributed by atoms with E-state index < -0.39 is 0 Å². The van der Waals surface area contributed by atoms with Crippen LogP contribution in [0.2, 0.25) is 0 Å². The summed E-state index contributed by atoms with van der Waals surface area (Å²) in [4.78, 5) is 10.7. The number of hydrogen-bond donors (Lipinski definition) is 1. The first kappa shape index (κ1) is 13.9. The summed E-state index contributed by atoms with van der Waals surface area (Å²) in [6, 6.07) is 13.8. The van der Waals surface area contributed by atoms with Crippen LogP contribution < -0.4 is 5.32 Å². The van der Waals surface area contributed by atoms with Gasteiger partial charge in [0.15, 0.2) is 0 Å². The molecule has 1 atom stereocenters. The van der Waals surface area contributed by atoms with Crippen molar-refractivity contribution in [3.05, 3.63) is 69.3 Å². The Bertz CT molecular complexity index is 688. The van der Waals surface area contributed by atoms with E-state index in [-0.39, 0.29) is 16.7 Å². The average molecular weight is 300 g/mol. The van der Waals surface area contributed by atoms with Gasteiger partial charge < -0.3 is 5.32 Å². The number of nitrogens with one attached hydrogen (secondary N) is 1. The van der Waals surface area contributed by atoms with Gasteiger partial charge in [-0.15, -0.1) is 0 Å². The van der Waals surface area contributed by atoms with Crippen molar-refractivity contribution in [1.29, 1.82) is 0 Å². The van der Waals surface area contributed by atoms with E-state index in [4.69, 9.17) is 0 Å². The molecule has 0 saturated carbocycles. The third kappa shape index (κ3) is 2.74. The molecular weight excluding hydrogens is 284 g/mol. The highest BCUT2D eigenvalue weighted by atomic mass is 32.2. The van der Waals surface area contributed by atoms with Gasteiger partial charge in [0.25, 0.3) is 5.69 Å². The monoisotopic (exact) mass is 300 g/mol. The third-order valence-electron chi connectivity index (χ3n) is 3.80. The fourth-order valence-electron chi connectivity index (χ4n) is 2.67. The van der Waals surface area contributed by atoms with Gasteiger partial charge in [0.2, 0.25) is 0 Å². The van der Waals surface area contributed by atoms with Gasteiger partial charge in [-0.1, -0.05) is 30.3 Å². The number of fused-ring (bicyclic) bond motifs is 1. The normalized spacial score (nSPS) is 17.1. The fourth-order valence-corrected chi connectivity index (χ4v) is 3.77. The van der Waals surface area contributed by atoms with E-state index in [2.05, 4.69) is 23.5 Å². The third-order valence-corrected chi connectivity index (χ3v) is 4.89. The maximum Gasteiger partial charge on any atom is 0.274 e. The standard InChI is InChI=1S/C16H16N2O2S/c1-11-14(7-4-8-16(11)18(19)20)17-15-10-21-9-12-5-2-3-6-13(12)15/h2-8,15,17H,9-10H2,1H3. The summed E-state index contributed by atoms with van der Waals surface area (Å²) in [6.07, 6.45) is 0. The molecule has 0 aromatic heterocycles. The minimum Gasteiger partial charge on any atom is -0.377 e. The van der Waals surface area contributed by atoms with Crippen molar-refractivity contribution in [2.45, 2.75) is 18.7 Å². The molecule has 1 unspecified atom stereocenters. The van der Waals surface area contributed by atoms with Crippen LogP contribution in [0.25, 0.3) is 0 Å². The van der Waals surface area contributed by atoms with Crippen LogP contribution in [0.4, 0.5) is 11.4 Å². The topological polar surface area (TPSA) is 55.2 Å². The van der Waals surface area contributed by atoms with E-state index in [1.165, 1.54) is 11.1 Å². The van der Waals surface area contributed by atoms with E-state index in [9.17, 15) is 10.1 Å². The highest BCUT2D eigenvalue weighted by Crippen LogP contribution is 2.35. The summed E-state index contributed by atoms with van der Waals surface area (Å²) in [5.41, 5.74) is 4.33. The number of hydrogen-bond acceptors (Lipinski definition) is 4. The lowest BCUT2D eigenvalue weighted by Gasteiger charge is -2.27. The van der Waals surface area contributed by atoms with E-state index in [1.54, 1.807) is 19.1 Å². The first-order valence-corrected chi connectivity index (χ1v) is 7.98. The van der Waals surface area contributed by atoms with Gasteiger partial charge in [0.05, 0.1) is 11.0 Å². The van der Waals surface area contributed by atoms with Crippen LogP contribution in [0.1, 0.15) is 22.7 Å². The van der Waals surface area contributed by atoms with Crippen LogP contribution in [0, 0.1) is 17.0 Å². The van der Waals surface area contributed by atoms with E-state index in [0.717, 1.165) is 17.2 Å². The number of anilines is 1. The predicted octanol–water partition coefficient (Wildman–Crippen LogP) is 4.30. The number of benzene rings is 2. The highest BCUT2D eigenvalue weighted by Gasteiger charge is 2.22. The molecule has 1 heterocycles. The van der Waals surface area contributed by atoms with Crippen molar-refractivity contribution >= 4 is 23.1 Å². The molecule has 2 aromatic carbocycles. The number of nitro benzene ring substituents is 1. The van der Waals surface area contributed by atoms with E-state index in [1.807, 2.05) is 23.9 Å². The van der Waals surface area contributed by atoms with Crippen molar-refractivity contribution < 1.29 is 4.92 Å². The molecule has 21 heavy (non-hydrogen) atoms. The Kier molecular flexibility index (Phi) is 3.84. The smallest absolute Gasteiger partial charge is 0.274 e. The minimum atomic E-state index is -0.329. The molecule has 1 aliphatic heterocycles. The molecule has 2 aromatic rings. The SMILES string of the molecule is Cc1c(NC2CSCc3ccccc32)cccc1[N+](=O)[O-]. The summed E-state index contributed by atoms with van der Waals surface area (Å²) in [5, 5.41) is 14.5. The minimum absolute atomic E-state index is 0.164. The molecular formula is C16H16N2O2S. The molecule has 0 bridgehead atoms. The predicted molar refractivity (Wildman–Crippen MR) is 86.8 cm³/mol. The van der Waals surface area contributed by atoms with Crippen molar-refractivity contribution in [3.63, 3.8) is 0 Å². The summed E-state index contributed by atoms with van der Waals surface area (Å²) >= 11 is 1.88. The lowest BCUT2D eigenvalue weighted by atomic mass is 10.0. The summed E-state index contributed by atoms with van der Waals surface area (Å²) < 4.78 is 0. The summed E-state index contributed by atoms with van der Waals surface area (Å²) in [7, 11) is 0. The first-order chi connectivity index (χ1) is 10.2. The molecule has 4 nitrogen and oxygen atoms in total. The molecule has 1 aliphatic rings. The molecule has 0 radical (unpaired) electrons. The van der Waals surface area contributed by atoms with Crippen LogP contribution in [0.5, 0.6) is 0 Å². The number of nitro groups is 1. The largest absolute Gasteiger partial charge is 0.377 e. The van der Waals surface area contributed by atoms with Crippen molar-refractivity contribution in [2.75, 3.05) is 11.1 Å². The molecule has 0 spiro atoms. The molecule has 0 amide bonds. The Hall–Kier alpha value is -2.01. The van der Waals surface area contributed by atoms with Gasteiger partial charge >= 0.3 is 0 Å². The summed E-state index contributed by atoms with van der Waals surface area (Å²) in [5.74, 6) is 2.00. The molecule has 0 aliphatic carbocycles. The van der Waals surface area contributed by atoms with Crippen LogP contribution >= 0.6 is 11.8 Å². The quantitative estimate of drug-likeness (QED) is 0.678. The second-order valence-corrected chi connectivity index (χ2v) is 6.15. The Labute approximate surface area is 127 Å². The molecule has 3 rings (SSSR count). The van der Waals surface area contributed by atoms with E-state index in [0.29, 0.717) is 5.56 Å². The molecule has 1 N–H and O–H groups in total. The Morgan fingerprint density at radius 1 is 1.24 bits per heavy atom. The lowest BCUT2D eigenvalue weighted by molar-refractivity contribution is -0.385. The maximum atomic E-state index is 11.0. The highest BCUT2D eigenvalue weighted by molar-refractivity contribution is 7.98.